The van der Waals surface area contributed by atoms with Gasteiger partial charge in [-0.15, -0.1) is 13.2 Å². The third kappa shape index (κ3) is 6.79. The zero-order chi connectivity index (χ0) is 20.6. The molecule has 0 aliphatic carbocycles. The molecule has 1 unspecified atom stereocenters. The number of allylic oxidation sites excluding steroid dienone is 3. The Balaban J connectivity index is 2.04. The van der Waals surface area contributed by atoms with Gasteiger partial charge in [-0.25, -0.2) is 4.79 Å². The van der Waals surface area contributed by atoms with Crippen LogP contribution in [-0.4, -0.2) is 46.1 Å². The quantitative estimate of drug-likeness (QED) is 0.247. The van der Waals surface area contributed by atoms with Gasteiger partial charge in [-0.1, -0.05) is 29.5 Å². The maximum absolute atomic E-state index is 12.3. The average molecular weight is 410 g/mol. The van der Waals surface area contributed by atoms with Crippen molar-refractivity contribution < 1.29 is 24.2 Å². The predicted octanol–water partition coefficient (Wildman–Crippen LogP) is 3.86. The van der Waals surface area contributed by atoms with E-state index >= 15 is 0 Å². The van der Waals surface area contributed by atoms with E-state index in [0.717, 1.165) is 49.4 Å². The maximum Gasteiger partial charge on any atom is 0.330 e. The van der Waals surface area contributed by atoms with Crippen LogP contribution >= 0.6 is 11.8 Å². The molecule has 156 valence electrons. The number of aliphatic hydroxyl groups is 1. The van der Waals surface area contributed by atoms with Gasteiger partial charge in [-0.3, -0.25) is 4.79 Å². The molecule has 0 radical (unpaired) electrons. The Morgan fingerprint density at radius 3 is 2.82 bits per heavy atom. The smallest absolute Gasteiger partial charge is 0.330 e. The number of carbonyl (C=O) groups is 2. The van der Waals surface area contributed by atoms with Gasteiger partial charge in [0, 0.05) is 24.7 Å². The lowest BCUT2D eigenvalue weighted by Gasteiger charge is -2.43. The molecule has 2 fully saturated rings. The summed E-state index contributed by atoms with van der Waals surface area (Å²) < 4.78 is 11.6. The lowest BCUT2D eigenvalue weighted by atomic mass is 9.91. The van der Waals surface area contributed by atoms with Crippen LogP contribution < -0.4 is 5.32 Å². The summed E-state index contributed by atoms with van der Waals surface area (Å²) in [6.45, 7) is 9.29. The Kier molecular flexibility index (Phi) is 8.79. The summed E-state index contributed by atoms with van der Waals surface area (Å²) in [5.74, 6) is -1.52. The maximum atomic E-state index is 12.3. The normalized spacial score (nSPS) is 30.6. The summed E-state index contributed by atoms with van der Waals surface area (Å²) in [6, 6.07) is -0.515. The van der Waals surface area contributed by atoms with Gasteiger partial charge >= 0.3 is 5.97 Å². The Hall–Kier alpha value is -1.57. The van der Waals surface area contributed by atoms with E-state index in [-0.39, 0.29) is 17.8 Å². The molecule has 2 heterocycles. The number of amides is 1. The van der Waals surface area contributed by atoms with Crippen LogP contribution in [0.4, 0.5) is 4.79 Å². The fraction of sp³-hybridized carbons (Fsp3) is 0.619. The molecular formula is C21H31NO5S. The van der Waals surface area contributed by atoms with Crippen molar-refractivity contribution in [3.63, 3.8) is 0 Å². The van der Waals surface area contributed by atoms with Crippen molar-refractivity contribution in [1.29, 1.82) is 0 Å². The lowest BCUT2D eigenvalue weighted by molar-refractivity contribution is -0.283. The van der Waals surface area contributed by atoms with Gasteiger partial charge in [-0.2, -0.15) is 0 Å². The molecule has 2 rings (SSSR count). The monoisotopic (exact) mass is 409 g/mol. The van der Waals surface area contributed by atoms with Gasteiger partial charge in [0.2, 0.25) is 0 Å². The standard InChI is InChI=1S/C21H31NO5S/c1-4-6-8-10-16-12-17(26-19(23)11-15(3)9-7-5-2)13-21(25,27-16)18-14-28-20(24)22-18/h4-5,11,16-18,25H,1-2,6-10,12-14H2,3H3,(H,22,24)/t16-,17?,18+,21-/m1/s1. The Morgan fingerprint density at radius 1 is 1.43 bits per heavy atom. The summed E-state index contributed by atoms with van der Waals surface area (Å²) in [7, 11) is 0. The van der Waals surface area contributed by atoms with Crippen molar-refractivity contribution in [2.75, 3.05) is 5.75 Å². The van der Waals surface area contributed by atoms with Crippen LogP contribution in [0, 0.1) is 0 Å². The highest BCUT2D eigenvalue weighted by molar-refractivity contribution is 8.14. The molecule has 0 saturated carbocycles. The van der Waals surface area contributed by atoms with E-state index in [1.807, 2.05) is 19.1 Å². The summed E-state index contributed by atoms with van der Waals surface area (Å²) in [5.41, 5.74) is 0.925. The zero-order valence-corrected chi connectivity index (χ0v) is 17.3. The largest absolute Gasteiger partial charge is 0.459 e. The van der Waals surface area contributed by atoms with Crippen LogP contribution in [0.1, 0.15) is 51.9 Å². The molecule has 6 nitrogen and oxygen atoms in total. The van der Waals surface area contributed by atoms with Gasteiger partial charge in [-0.05, 0) is 39.0 Å². The van der Waals surface area contributed by atoms with Gasteiger partial charge in [0.05, 0.1) is 12.1 Å². The van der Waals surface area contributed by atoms with Gasteiger partial charge < -0.3 is 19.9 Å². The molecule has 4 atom stereocenters. The summed E-state index contributed by atoms with van der Waals surface area (Å²) >= 11 is 1.12. The average Bonchev–Trinajstić information content (AvgIpc) is 3.07. The van der Waals surface area contributed by atoms with E-state index in [2.05, 4.69) is 18.5 Å². The molecular weight excluding hydrogens is 378 g/mol. The van der Waals surface area contributed by atoms with Crippen molar-refractivity contribution in [1.82, 2.24) is 5.32 Å². The summed E-state index contributed by atoms with van der Waals surface area (Å²) in [6.07, 6.45) is 9.11. The van der Waals surface area contributed by atoms with E-state index in [9.17, 15) is 14.7 Å². The van der Waals surface area contributed by atoms with Gasteiger partial charge in [0.15, 0.2) is 5.79 Å². The second kappa shape index (κ2) is 10.8. The summed E-state index contributed by atoms with van der Waals surface area (Å²) in [5, 5.41) is 13.7. The Labute approximate surface area is 171 Å². The van der Waals surface area contributed by atoms with E-state index in [1.54, 1.807) is 0 Å². The number of ether oxygens (including phenoxy) is 2. The Morgan fingerprint density at radius 2 is 2.18 bits per heavy atom. The van der Waals surface area contributed by atoms with Crippen molar-refractivity contribution in [2.24, 2.45) is 0 Å². The fourth-order valence-corrected chi connectivity index (χ4v) is 4.38. The second-order valence-electron chi connectivity index (χ2n) is 7.42. The molecule has 0 bridgehead atoms. The number of unbranched alkanes of at least 4 members (excludes halogenated alkanes) is 1. The van der Waals surface area contributed by atoms with Crippen molar-refractivity contribution in [3.8, 4) is 0 Å². The molecule has 1 amide bonds. The number of carbonyl (C=O) groups excluding carboxylic acids is 2. The van der Waals surface area contributed by atoms with E-state index in [0.29, 0.717) is 12.2 Å². The van der Waals surface area contributed by atoms with Crippen LogP contribution in [-0.2, 0) is 14.3 Å². The van der Waals surface area contributed by atoms with Crippen LogP contribution in [0.3, 0.4) is 0 Å². The highest BCUT2D eigenvalue weighted by Gasteiger charge is 2.49. The van der Waals surface area contributed by atoms with Crippen molar-refractivity contribution in [3.05, 3.63) is 37.0 Å². The van der Waals surface area contributed by atoms with Crippen molar-refractivity contribution in [2.45, 2.75) is 75.9 Å². The van der Waals surface area contributed by atoms with Crippen LogP contribution in [0.2, 0.25) is 0 Å². The third-order valence-corrected chi connectivity index (χ3v) is 5.84. The number of nitrogens with one attached hydrogen (secondary N) is 1. The Bertz CT molecular complexity index is 620. The lowest BCUT2D eigenvalue weighted by Crippen LogP contribution is -2.58. The summed E-state index contributed by atoms with van der Waals surface area (Å²) in [4.78, 5) is 23.9. The molecule has 2 aliphatic rings. The molecule has 0 aromatic rings. The SMILES string of the molecule is C=CCCC[C@@H]1CC(OC(=O)C=C(C)CCC=C)C[C@](O)([C@@H]2CSC(=O)N2)O1. The second-order valence-corrected chi connectivity index (χ2v) is 8.41. The minimum atomic E-state index is -1.54. The van der Waals surface area contributed by atoms with Gasteiger partial charge in [0.1, 0.15) is 6.10 Å². The minimum Gasteiger partial charge on any atom is -0.459 e. The first-order chi connectivity index (χ1) is 13.4. The zero-order valence-electron chi connectivity index (χ0n) is 16.5. The highest BCUT2D eigenvalue weighted by atomic mass is 32.2. The first-order valence-corrected chi connectivity index (χ1v) is 10.8. The van der Waals surface area contributed by atoms with Crippen LogP contribution in [0.5, 0.6) is 0 Å². The van der Waals surface area contributed by atoms with E-state index in [4.69, 9.17) is 9.47 Å². The molecule has 28 heavy (non-hydrogen) atoms. The number of hydrogen-bond acceptors (Lipinski definition) is 6. The molecule has 0 spiro atoms. The predicted molar refractivity (Wildman–Crippen MR) is 111 cm³/mol. The fourth-order valence-electron chi connectivity index (χ4n) is 3.50. The number of esters is 1. The third-order valence-electron chi connectivity index (χ3n) is 4.96. The molecule has 2 saturated heterocycles. The van der Waals surface area contributed by atoms with Gasteiger partial charge in [0.25, 0.3) is 5.24 Å². The molecule has 0 aromatic carbocycles. The van der Waals surface area contributed by atoms with Crippen LogP contribution in [0.25, 0.3) is 0 Å². The number of thioether (sulfide) groups is 1. The molecule has 2 aliphatic heterocycles. The van der Waals surface area contributed by atoms with E-state index < -0.39 is 23.9 Å². The van der Waals surface area contributed by atoms with Crippen molar-refractivity contribution >= 4 is 23.0 Å². The first kappa shape index (κ1) is 22.7. The highest BCUT2D eigenvalue weighted by Crippen LogP contribution is 2.36. The topological polar surface area (TPSA) is 84.9 Å². The number of rotatable bonds is 10. The molecule has 0 aromatic heterocycles. The molecule has 2 N–H and O–H groups in total. The number of hydrogen-bond donors (Lipinski definition) is 2. The minimum absolute atomic E-state index is 0.141. The van der Waals surface area contributed by atoms with Crippen LogP contribution in [0.15, 0.2) is 37.0 Å². The van der Waals surface area contributed by atoms with E-state index in [1.165, 1.54) is 6.08 Å². The molecule has 7 heteroatoms. The first-order valence-electron chi connectivity index (χ1n) is 9.79.